The molecule has 0 aliphatic carbocycles. The van der Waals surface area contributed by atoms with Gasteiger partial charge < -0.3 is 10.2 Å². The monoisotopic (exact) mass is 389 g/mol. The number of benzene rings is 2. The van der Waals surface area contributed by atoms with Gasteiger partial charge in [-0.1, -0.05) is 36.8 Å². The van der Waals surface area contributed by atoms with Crippen LogP contribution in [0.25, 0.3) is 5.57 Å². The van der Waals surface area contributed by atoms with Crippen LogP contribution in [0.3, 0.4) is 0 Å². The van der Waals surface area contributed by atoms with Crippen molar-refractivity contribution in [2.75, 3.05) is 30.4 Å². The number of hydrogen-bond acceptors (Lipinski definition) is 4. The van der Waals surface area contributed by atoms with Crippen LogP contribution in [0, 0.1) is 12.8 Å². The molecule has 5 heteroatoms. The second-order valence-corrected chi connectivity index (χ2v) is 8.13. The molecule has 2 aliphatic heterocycles. The van der Waals surface area contributed by atoms with Crippen molar-refractivity contribution in [2.45, 2.75) is 26.7 Å². The topological polar surface area (TPSA) is 52.7 Å². The van der Waals surface area contributed by atoms with E-state index in [2.05, 4.69) is 29.3 Å². The van der Waals surface area contributed by atoms with Gasteiger partial charge in [0.25, 0.3) is 11.8 Å². The summed E-state index contributed by atoms with van der Waals surface area (Å²) in [6.07, 6.45) is 2.44. The molecule has 2 amide bonds. The normalized spacial score (nSPS) is 18.0. The third-order valence-electron chi connectivity index (χ3n) is 5.91. The quantitative estimate of drug-likeness (QED) is 0.802. The first-order valence-corrected chi connectivity index (χ1v) is 10.2. The predicted molar refractivity (Wildman–Crippen MR) is 117 cm³/mol. The molecule has 1 N–H and O–H groups in total. The maximum atomic E-state index is 12.7. The van der Waals surface area contributed by atoms with Crippen molar-refractivity contribution in [1.82, 2.24) is 4.90 Å². The van der Waals surface area contributed by atoms with Gasteiger partial charge in [-0.25, -0.2) is 0 Å². The summed E-state index contributed by atoms with van der Waals surface area (Å²) >= 11 is 0. The molecule has 1 fully saturated rings. The van der Waals surface area contributed by atoms with Crippen molar-refractivity contribution in [3.05, 3.63) is 65.4 Å². The van der Waals surface area contributed by atoms with Crippen molar-refractivity contribution in [3.63, 3.8) is 0 Å². The van der Waals surface area contributed by atoms with Crippen LogP contribution in [0.1, 0.15) is 30.9 Å². The van der Waals surface area contributed by atoms with Gasteiger partial charge in [-0.2, -0.15) is 0 Å². The van der Waals surface area contributed by atoms with Gasteiger partial charge in [0.2, 0.25) is 0 Å². The molecule has 1 saturated heterocycles. The van der Waals surface area contributed by atoms with Crippen LogP contribution in [-0.4, -0.2) is 36.9 Å². The average molecular weight is 389 g/mol. The Kier molecular flexibility index (Phi) is 5.14. The van der Waals surface area contributed by atoms with E-state index in [-0.39, 0.29) is 11.8 Å². The fourth-order valence-electron chi connectivity index (χ4n) is 3.91. The number of aryl methyl sites for hydroxylation is 1. The van der Waals surface area contributed by atoms with Crippen LogP contribution in [0.4, 0.5) is 11.4 Å². The second kappa shape index (κ2) is 7.74. The molecule has 0 radical (unpaired) electrons. The highest BCUT2D eigenvalue weighted by atomic mass is 16.2. The SMILES string of the molecule is Cc1ccc(C2=C(Nc3ccc(N4CCC(C)CC4)cc3)C(=O)N(C)C2=O)cc1. The first kappa shape index (κ1) is 19.2. The second-order valence-electron chi connectivity index (χ2n) is 8.13. The average Bonchev–Trinajstić information content (AvgIpc) is 2.94. The van der Waals surface area contributed by atoms with Crippen molar-refractivity contribution >= 4 is 28.8 Å². The Morgan fingerprint density at radius 2 is 1.52 bits per heavy atom. The number of amides is 2. The summed E-state index contributed by atoms with van der Waals surface area (Å²) in [7, 11) is 1.52. The summed E-state index contributed by atoms with van der Waals surface area (Å²) in [5, 5.41) is 3.20. The van der Waals surface area contributed by atoms with E-state index in [1.807, 2.05) is 43.3 Å². The number of likely N-dealkylation sites (N-methyl/N-ethyl adjacent to an activating group) is 1. The van der Waals surface area contributed by atoms with Crippen LogP contribution < -0.4 is 10.2 Å². The minimum Gasteiger partial charge on any atom is -0.372 e. The third kappa shape index (κ3) is 3.77. The number of anilines is 2. The van der Waals surface area contributed by atoms with Crippen molar-refractivity contribution in [2.24, 2.45) is 5.92 Å². The number of nitrogens with zero attached hydrogens (tertiary/aromatic N) is 2. The minimum absolute atomic E-state index is 0.277. The smallest absolute Gasteiger partial charge is 0.277 e. The van der Waals surface area contributed by atoms with Crippen molar-refractivity contribution < 1.29 is 9.59 Å². The number of carbonyl (C=O) groups excluding carboxylic acids is 2. The number of piperidine rings is 1. The molecule has 29 heavy (non-hydrogen) atoms. The highest BCUT2D eigenvalue weighted by molar-refractivity contribution is 6.36. The molecule has 5 nitrogen and oxygen atoms in total. The van der Waals surface area contributed by atoms with E-state index in [1.165, 1.54) is 30.5 Å². The summed E-state index contributed by atoms with van der Waals surface area (Å²) < 4.78 is 0. The molecule has 2 aromatic rings. The molecule has 2 aliphatic rings. The fourth-order valence-corrected chi connectivity index (χ4v) is 3.91. The summed E-state index contributed by atoms with van der Waals surface area (Å²) in [6, 6.07) is 15.8. The lowest BCUT2D eigenvalue weighted by Crippen LogP contribution is -2.32. The van der Waals surface area contributed by atoms with Gasteiger partial charge in [0.1, 0.15) is 5.70 Å². The lowest BCUT2D eigenvalue weighted by atomic mass is 9.99. The van der Waals surface area contributed by atoms with E-state index < -0.39 is 0 Å². The molecule has 150 valence electrons. The van der Waals surface area contributed by atoms with E-state index >= 15 is 0 Å². The van der Waals surface area contributed by atoms with E-state index in [9.17, 15) is 9.59 Å². The van der Waals surface area contributed by atoms with E-state index in [1.54, 1.807) is 0 Å². The number of rotatable bonds is 4. The lowest BCUT2D eigenvalue weighted by molar-refractivity contribution is -0.135. The Morgan fingerprint density at radius 3 is 2.14 bits per heavy atom. The summed E-state index contributed by atoms with van der Waals surface area (Å²) in [4.78, 5) is 29.0. The first-order chi connectivity index (χ1) is 13.9. The molecular weight excluding hydrogens is 362 g/mol. The predicted octanol–water partition coefficient (Wildman–Crippen LogP) is 4.05. The Bertz CT molecular complexity index is 953. The zero-order valence-corrected chi connectivity index (χ0v) is 17.2. The van der Waals surface area contributed by atoms with E-state index in [0.717, 1.165) is 35.8 Å². The Balaban J connectivity index is 1.59. The Morgan fingerprint density at radius 1 is 0.897 bits per heavy atom. The van der Waals surface area contributed by atoms with E-state index in [0.29, 0.717) is 11.3 Å². The molecular formula is C24H27N3O2. The number of imide groups is 1. The molecule has 4 rings (SSSR count). The van der Waals surface area contributed by atoms with Gasteiger partial charge in [0, 0.05) is 31.5 Å². The zero-order chi connectivity index (χ0) is 20.5. The van der Waals surface area contributed by atoms with Gasteiger partial charge in [0.15, 0.2) is 0 Å². The number of nitrogens with one attached hydrogen (secondary N) is 1. The summed E-state index contributed by atoms with van der Waals surface area (Å²) in [5.41, 5.74) is 4.61. The largest absolute Gasteiger partial charge is 0.372 e. The molecule has 0 atom stereocenters. The van der Waals surface area contributed by atoms with Crippen molar-refractivity contribution in [3.8, 4) is 0 Å². The summed E-state index contributed by atoms with van der Waals surface area (Å²) in [5.74, 6) is 0.210. The van der Waals surface area contributed by atoms with Crippen LogP contribution >= 0.6 is 0 Å². The molecule has 0 unspecified atom stereocenters. The Labute approximate surface area is 172 Å². The highest BCUT2D eigenvalue weighted by Gasteiger charge is 2.36. The van der Waals surface area contributed by atoms with Gasteiger partial charge >= 0.3 is 0 Å². The van der Waals surface area contributed by atoms with Gasteiger partial charge in [0.05, 0.1) is 5.57 Å². The first-order valence-electron chi connectivity index (χ1n) is 10.2. The minimum atomic E-state index is -0.306. The molecule has 0 aromatic heterocycles. The van der Waals surface area contributed by atoms with E-state index in [4.69, 9.17) is 0 Å². The van der Waals surface area contributed by atoms with Crippen molar-refractivity contribution in [1.29, 1.82) is 0 Å². The van der Waals surface area contributed by atoms with Gasteiger partial charge in [-0.05, 0) is 55.5 Å². The number of hydrogen-bond donors (Lipinski definition) is 1. The van der Waals surface area contributed by atoms with Gasteiger partial charge in [-0.15, -0.1) is 0 Å². The molecule has 0 bridgehead atoms. The highest BCUT2D eigenvalue weighted by Crippen LogP contribution is 2.31. The third-order valence-corrected chi connectivity index (χ3v) is 5.91. The van der Waals surface area contributed by atoms with Crippen LogP contribution in [0.2, 0.25) is 0 Å². The Hall–Kier alpha value is -3.08. The fraction of sp³-hybridized carbons (Fsp3) is 0.333. The lowest BCUT2D eigenvalue weighted by Gasteiger charge is -2.32. The zero-order valence-electron chi connectivity index (χ0n) is 17.2. The van der Waals surface area contributed by atoms with Crippen LogP contribution in [-0.2, 0) is 9.59 Å². The summed E-state index contributed by atoms with van der Waals surface area (Å²) in [6.45, 7) is 6.46. The number of carbonyl (C=O) groups is 2. The standard InChI is InChI=1S/C24H27N3O2/c1-16-4-6-18(7-5-16)21-22(24(29)26(3)23(21)28)25-19-8-10-20(11-9-19)27-14-12-17(2)13-15-27/h4-11,17,25H,12-15H2,1-3H3. The molecule has 0 spiro atoms. The molecule has 2 aromatic carbocycles. The van der Waals surface area contributed by atoms with Crippen LogP contribution in [0.5, 0.6) is 0 Å². The molecule has 0 saturated carbocycles. The molecule has 2 heterocycles. The maximum Gasteiger partial charge on any atom is 0.277 e. The van der Waals surface area contributed by atoms with Gasteiger partial charge in [-0.3, -0.25) is 14.5 Å². The maximum absolute atomic E-state index is 12.7. The van der Waals surface area contributed by atoms with Crippen LogP contribution in [0.15, 0.2) is 54.2 Å².